The number of aromatic nitrogens is 6. The smallest absolute Gasteiger partial charge is 0.155 e. The Morgan fingerprint density at radius 1 is 0.456 bits per heavy atom. The van der Waals surface area contributed by atoms with Gasteiger partial charge in [0.05, 0.1) is 11.5 Å². The molecule has 0 atom stereocenters. The molecule has 11 rings (SSSR count). The molecule has 5 radical (unpaired) electrons. The minimum atomic E-state index is -0.649. The number of aliphatic hydroxyl groups excluding tert-OH is 2. The van der Waals surface area contributed by atoms with Gasteiger partial charge in [0, 0.05) is 173 Å². The van der Waals surface area contributed by atoms with Gasteiger partial charge in [-0.15, -0.1) is 102 Å². The Labute approximate surface area is 590 Å². The van der Waals surface area contributed by atoms with E-state index in [4.69, 9.17) is 10.2 Å². The van der Waals surface area contributed by atoms with E-state index in [9.17, 15) is 27.2 Å². The van der Waals surface area contributed by atoms with Gasteiger partial charge < -0.3 is 30.1 Å². The van der Waals surface area contributed by atoms with Crippen molar-refractivity contribution < 1.29 is 138 Å². The molecule has 0 spiro atoms. The van der Waals surface area contributed by atoms with Crippen molar-refractivity contribution in [3.05, 3.63) is 314 Å². The molecule has 19 heteroatoms. The molecule has 0 fully saturated rings. The van der Waals surface area contributed by atoms with E-state index in [2.05, 4.69) is 92.6 Å². The number of hydrogen-bond donors (Lipinski definition) is 2. The molecular formula is C71H59F4Ir5N6O4-5. The third kappa shape index (κ3) is 30.8. The summed E-state index contributed by atoms with van der Waals surface area (Å²) in [6.07, 6.45) is 12.7. The summed E-state index contributed by atoms with van der Waals surface area (Å²) in [7, 11) is 0. The van der Waals surface area contributed by atoms with Crippen LogP contribution in [-0.2, 0) is 110 Å². The van der Waals surface area contributed by atoms with Crippen LogP contribution in [0.1, 0.15) is 38.8 Å². The number of allylic oxidation sites excluding steroid dienone is 4. The molecule has 5 aromatic heterocycles. The number of ketones is 2. The second-order valence-electron chi connectivity index (χ2n) is 18.0. The Balaban J connectivity index is 0.00000104. The maximum Gasteiger partial charge on any atom is 0.155 e. The summed E-state index contributed by atoms with van der Waals surface area (Å²) in [6.45, 7) is 9.64. The van der Waals surface area contributed by atoms with E-state index in [0.717, 1.165) is 58.0 Å². The van der Waals surface area contributed by atoms with Gasteiger partial charge in [-0.2, -0.15) is 29.4 Å². The van der Waals surface area contributed by atoms with Gasteiger partial charge in [-0.25, -0.2) is 0 Å². The van der Waals surface area contributed by atoms with Crippen LogP contribution < -0.4 is 0 Å². The van der Waals surface area contributed by atoms with E-state index < -0.39 is 23.3 Å². The summed E-state index contributed by atoms with van der Waals surface area (Å²) in [5.74, 6) is -2.69. The van der Waals surface area contributed by atoms with Gasteiger partial charge in [0.1, 0.15) is 0 Å². The van der Waals surface area contributed by atoms with Crippen molar-refractivity contribution in [3.63, 3.8) is 0 Å². The molecule has 0 bridgehead atoms. The van der Waals surface area contributed by atoms with Crippen molar-refractivity contribution in [1.29, 1.82) is 0 Å². The number of carbonyl (C=O) groups is 2. The number of nitrogens with zero attached hydrogens (tertiary/aromatic N) is 6. The van der Waals surface area contributed by atoms with Crippen LogP contribution in [0.2, 0.25) is 0 Å². The number of halogens is 4. The van der Waals surface area contributed by atoms with Crippen LogP contribution in [0.3, 0.4) is 0 Å². The second kappa shape index (κ2) is 45.7. The van der Waals surface area contributed by atoms with E-state index in [-0.39, 0.29) is 135 Å². The Morgan fingerprint density at radius 3 is 1.44 bits per heavy atom. The number of benzene rings is 6. The average molecular weight is 2100 g/mol. The Bertz CT molecular complexity index is 3770. The van der Waals surface area contributed by atoms with Crippen LogP contribution in [0.25, 0.3) is 61.8 Å². The van der Waals surface area contributed by atoms with E-state index in [1.165, 1.54) is 56.5 Å². The molecule has 2 N–H and O–H groups in total. The van der Waals surface area contributed by atoms with Crippen LogP contribution in [0.4, 0.5) is 17.6 Å². The molecular weight excluding hydrogens is 2040 g/mol. The summed E-state index contributed by atoms with van der Waals surface area (Å²) >= 11 is 0. The number of carbonyl (C=O) groups excluding carboxylic acids is 2. The number of para-hydroxylation sites is 1. The second-order valence-corrected chi connectivity index (χ2v) is 18.0. The zero-order valence-corrected chi connectivity index (χ0v) is 61.1. The molecule has 90 heavy (non-hydrogen) atoms. The molecule has 0 saturated heterocycles. The third-order valence-electron chi connectivity index (χ3n) is 10.9. The minimum absolute atomic E-state index is 0. The van der Waals surface area contributed by atoms with Gasteiger partial charge in [0.15, 0.2) is 11.6 Å². The first-order valence-electron chi connectivity index (χ1n) is 26.1. The topological polar surface area (TPSA) is 144 Å². The van der Waals surface area contributed by atoms with Crippen molar-refractivity contribution >= 4 is 11.6 Å². The van der Waals surface area contributed by atoms with Crippen molar-refractivity contribution in [2.75, 3.05) is 0 Å². The summed E-state index contributed by atoms with van der Waals surface area (Å²) in [5, 5.41) is 20.8. The van der Waals surface area contributed by atoms with Crippen LogP contribution in [0, 0.1) is 67.4 Å². The Hall–Kier alpha value is -7.48. The molecule has 0 saturated carbocycles. The van der Waals surface area contributed by atoms with Gasteiger partial charge in [0.25, 0.3) is 0 Å². The molecule has 10 nitrogen and oxygen atoms in total. The molecule has 475 valence electrons. The monoisotopic (exact) mass is 2100 g/mol. The summed E-state index contributed by atoms with van der Waals surface area (Å²) in [5.41, 5.74) is 10.9. The van der Waals surface area contributed by atoms with Gasteiger partial charge in [-0.05, 0) is 106 Å². The standard InChI is InChI=1S/C17H12N.C12H8F2N.C12H10N.C11H6F2N.C9H7N2.2C5H8O2.5Ir/c1-2-7-14(8-3-1)15-9-6-10-16(13-15)17-11-4-5-12-18-17;1-8-4-5-15-12(6-8)10-3-2-9(13)7-11(10)14;1-10-6-5-9-13-12(10)11-7-3-2-4-8-11;12-8-4-5-9(10(13)7-8)11-3-1-2-6-14-11;1-2-5-9(6-3-1)11-8-4-7-10-11;2*1-4(6)3-5(2)7;;;;;/h1-9,11-13H;2,4-7H,1H3;2-7,9H,1H3;1-4,6-7H;1-5,7-8H;2*3,6H,1-2H3;;;;;/q5*-1;;;;;;;. The molecule has 0 aliphatic rings. The Kier molecular flexibility index (Phi) is 41.9. The minimum Gasteiger partial charge on any atom is -0.512 e. The number of aliphatic hydroxyl groups is 2. The van der Waals surface area contributed by atoms with Crippen LogP contribution in [-0.4, -0.2) is 51.5 Å². The van der Waals surface area contributed by atoms with Crippen LogP contribution in [0.5, 0.6) is 0 Å². The van der Waals surface area contributed by atoms with E-state index in [1.54, 1.807) is 53.7 Å². The molecule has 0 unspecified atom stereocenters. The first-order chi connectivity index (χ1) is 41.0. The summed E-state index contributed by atoms with van der Waals surface area (Å²) in [6, 6.07) is 70.9. The first kappa shape index (κ1) is 82.5. The van der Waals surface area contributed by atoms with Crippen molar-refractivity contribution in [3.8, 4) is 61.8 Å². The van der Waals surface area contributed by atoms with E-state index >= 15 is 0 Å². The Morgan fingerprint density at radius 2 is 0.978 bits per heavy atom. The SMILES string of the molecule is CC(=O)C=C(C)O.CC(=O)C=C(C)O.Cc1cccnc1-c1[c-]cccc1.Cc1ccnc(-c2[c-]cc(F)cc2F)c1.Fc1c[c-]c(-c2ccccn2)c(F)c1.[Ir].[Ir].[Ir].[Ir].[Ir].[c-]1ccc(-c2ccccc2)cc1-c1ccccn1.[c-]1ccccc1-n1cccn1. The molecule has 5 heterocycles. The quantitative estimate of drug-likeness (QED) is 0.0657. The van der Waals surface area contributed by atoms with Gasteiger partial charge in [-0.3, -0.25) is 31.8 Å². The predicted octanol–water partition coefficient (Wildman–Crippen LogP) is 16.8. The van der Waals surface area contributed by atoms with Crippen LogP contribution in [0.15, 0.2) is 249 Å². The molecule has 6 aromatic carbocycles. The van der Waals surface area contributed by atoms with Gasteiger partial charge in [0.2, 0.25) is 0 Å². The van der Waals surface area contributed by atoms with Crippen molar-refractivity contribution in [2.45, 2.75) is 41.5 Å². The fraction of sp³-hybridized carbons (Fsp3) is 0.0845. The summed E-state index contributed by atoms with van der Waals surface area (Å²) < 4.78 is 53.6. The van der Waals surface area contributed by atoms with E-state index in [0.29, 0.717) is 11.4 Å². The molecule has 0 aliphatic heterocycles. The average Bonchev–Trinajstić information content (AvgIpc) is 2.47. The fourth-order valence-corrected chi connectivity index (χ4v) is 7.25. The number of rotatable bonds is 8. The number of aryl methyl sites for hydroxylation is 2. The molecule has 11 aromatic rings. The fourth-order valence-electron chi connectivity index (χ4n) is 7.25. The maximum atomic E-state index is 13.4. The van der Waals surface area contributed by atoms with Crippen molar-refractivity contribution in [1.82, 2.24) is 29.7 Å². The predicted molar refractivity (Wildman–Crippen MR) is 325 cm³/mol. The normalized spacial score (nSPS) is 9.76. The van der Waals surface area contributed by atoms with Crippen molar-refractivity contribution in [2.24, 2.45) is 0 Å². The zero-order chi connectivity index (χ0) is 61.3. The van der Waals surface area contributed by atoms with Gasteiger partial charge >= 0.3 is 0 Å². The maximum absolute atomic E-state index is 13.4. The number of pyridine rings is 4. The van der Waals surface area contributed by atoms with Gasteiger partial charge in [-0.1, -0.05) is 101 Å². The number of hydrogen-bond acceptors (Lipinski definition) is 9. The zero-order valence-electron chi connectivity index (χ0n) is 49.1. The summed E-state index contributed by atoms with van der Waals surface area (Å²) in [4.78, 5) is 36.7. The first-order valence-corrected chi connectivity index (χ1v) is 26.1. The largest absolute Gasteiger partial charge is 0.512 e. The molecule has 0 aliphatic carbocycles. The molecule has 0 amide bonds. The third-order valence-corrected chi connectivity index (χ3v) is 10.9. The van der Waals surface area contributed by atoms with Crippen LogP contribution >= 0.6 is 0 Å². The van der Waals surface area contributed by atoms with E-state index in [1.807, 2.05) is 129 Å².